The molecule has 1 saturated heterocycles. The average molecular weight is 571 g/mol. The summed E-state index contributed by atoms with van der Waals surface area (Å²) in [5.74, 6) is -1.20. The van der Waals surface area contributed by atoms with Crippen LogP contribution in [0.4, 0.5) is 24.5 Å². The van der Waals surface area contributed by atoms with Crippen LogP contribution in [-0.2, 0) is 15.8 Å². The van der Waals surface area contributed by atoms with Gasteiger partial charge in [0.2, 0.25) is 0 Å². The van der Waals surface area contributed by atoms with E-state index in [1.165, 1.54) is 22.7 Å². The number of para-hydroxylation sites is 1. The number of amides is 2. The molecule has 1 fully saturated rings. The molecule has 0 atom stereocenters. The quantitative estimate of drug-likeness (QED) is 0.191. The van der Waals surface area contributed by atoms with Crippen molar-refractivity contribution in [2.45, 2.75) is 50.1 Å². The van der Waals surface area contributed by atoms with Crippen molar-refractivity contribution in [3.63, 3.8) is 0 Å². The molecule has 0 spiro atoms. The molecular weight excluding hydrogens is 537 g/mol. The molecule has 2 aromatic rings. The molecule has 212 valence electrons. The summed E-state index contributed by atoms with van der Waals surface area (Å²) >= 11 is 1.77. The summed E-state index contributed by atoms with van der Waals surface area (Å²) in [7, 11) is 0. The molecule has 2 amide bonds. The first-order chi connectivity index (χ1) is 19.2. The lowest BCUT2D eigenvalue weighted by Gasteiger charge is -2.36. The van der Waals surface area contributed by atoms with E-state index in [1.54, 1.807) is 18.7 Å². The monoisotopic (exact) mass is 570 g/mol. The maximum absolute atomic E-state index is 13.4. The Kier molecular flexibility index (Phi) is 9.59. The van der Waals surface area contributed by atoms with Crippen molar-refractivity contribution in [3.05, 3.63) is 64.7 Å². The Labute approximate surface area is 237 Å². The fraction of sp³-hybridized carbons (Fsp3) is 0.433. The van der Waals surface area contributed by atoms with Crippen LogP contribution in [0.3, 0.4) is 0 Å². The molecule has 0 bridgehead atoms. The van der Waals surface area contributed by atoms with Gasteiger partial charge >= 0.3 is 6.18 Å². The molecule has 4 rings (SSSR count). The predicted molar refractivity (Wildman–Crippen MR) is 151 cm³/mol. The van der Waals surface area contributed by atoms with Crippen molar-refractivity contribution in [2.75, 3.05) is 48.8 Å². The van der Waals surface area contributed by atoms with E-state index in [1.807, 2.05) is 0 Å². The molecule has 0 aromatic heterocycles. The highest BCUT2D eigenvalue weighted by Gasteiger charge is 2.39. The van der Waals surface area contributed by atoms with Crippen molar-refractivity contribution < 1.29 is 22.8 Å². The lowest BCUT2D eigenvalue weighted by atomic mass is 10.0. The molecule has 0 aliphatic carbocycles. The first kappa shape index (κ1) is 29.7. The lowest BCUT2D eigenvalue weighted by Crippen LogP contribution is -2.46. The van der Waals surface area contributed by atoms with Crippen LogP contribution in [0.15, 0.2) is 58.5 Å². The zero-order valence-electron chi connectivity index (χ0n) is 22.8. The summed E-state index contributed by atoms with van der Waals surface area (Å²) in [6.07, 6.45) is 1.40. The molecule has 6 nitrogen and oxygen atoms in total. The number of nitrogens with zero attached hydrogens (tertiary/aromatic N) is 4. The molecule has 0 N–H and O–H groups in total. The highest BCUT2D eigenvalue weighted by molar-refractivity contribution is 7.98. The highest BCUT2D eigenvalue weighted by atomic mass is 32.2. The van der Waals surface area contributed by atoms with Crippen LogP contribution in [0.1, 0.15) is 50.2 Å². The number of anilines is 2. The molecule has 0 saturated carbocycles. The van der Waals surface area contributed by atoms with E-state index in [9.17, 15) is 22.8 Å². The van der Waals surface area contributed by atoms with E-state index in [2.05, 4.69) is 40.3 Å². The minimum atomic E-state index is -4.77. The number of carbonyl (C=O) groups is 2. The van der Waals surface area contributed by atoms with Crippen molar-refractivity contribution in [3.8, 4) is 6.07 Å². The number of hydrogen-bond acceptors (Lipinski definition) is 6. The number of thioether (sulfide) groups is 1. The molecule has 2 aliphatic rings. The van der Waals surface area contributed by atoms with Gasteiger partial charge in [-0.2, -0.15) is 18.4 Å². The van der Waals surface area contributed by atoms with Crippen LogP contribution >= 0.6 is 11.8 Å². The van der Waals surface area contributed by atoms with Gasteiger partial charge in [-0.25, -0.2) is 4.90 Å². The van der Waals surface area contributed by atoms with E-state index >= 15 is 0 Å². The molecule has 40 heavy (non-hydrogen) atoms. The maximum atomic E-state index is 13.4. The van der Waals surface area contributed by atoms with Crippen LogP contribution in [0.5, 0.6) is 0 Å². The third-order valence-corrected chi connectivity index (χ3v) is 8.36. The molecule has 2 aromatic carbocycles. The fourth-order valence-electron chi connectivity index (χ4n) is 5.31. The van der Waals surface area contributed by atoms with Gasteiger partial charge < -0.3 is 4.90 Å². The number of rotatable bonds is 10. The Hall–Kier alpha value is -3.29. The number of piperazine rings is 1. The summed E-state index contributed by atoms with van der Waals surface area (Å²) in [6.45, 7) is 6.61. The standard InChI is InChI=1S/C30H33F3N4O2S/c1-21-24(29(39)37(28(21)38)23-13-12-22(20-34)25(19-23)30(31,32)33)9-5-3-4-8-14-35-15-17-36(18-16-35)26-10-6-7-11-27(26)40-2/h6-7,10-13,19H,3-5,8-9,14-18H2,1-2H3. The molecule has 2 aliphatic heterocycles. The molecule has 0 radical (unpaired) electrons. The summed E-state index contributed by atoms with van der Waals surface area (Å²) in [5.41, 5.74) is 0.0345. The van der Waals surface area contributed by atoms with Gasteiger partial charge in [0.1, 0.15) is 0 Å². The van der Waals surface area contributed by atoms with E-state index in [-0.39, 0.29) is 11.3 Å². The fourth-order valence-corrected chi connectivity index (χ4v) is 5.93. The van der Waals surface area contributed by atoms with Gasteiger partial charge in [0.15, 0.2) is 0 Å². The maximum Gasteiger partial charge on any atom is 0.417 e. The lowest BCUT2D eigenvalue weighted by molar-refractivity contribution is -0.138. The number of halogens is 3. The SMILES string of the molecule is CSc1ccccc1N1CCN(CCCCCCC2=C(C)C(=O)N(c3ccc(C#N)c(C(F)(F)F)c3)C2=O)CC1. The third-order valence-electron chi connectivity index (χ3n) is 7.57. The Morgan fingerprint density at radius 1 is 0.950 bits per heavy atom. The number of benzene rings is 2. The van der Waals surface area contributed by atoms with Crippen LogP contribution < -0.4 is 9.80 Å². The average Bonchev–Trinajstić information content (AvgIpc) is 3.17. The second kappa shape index (κ2) is 12.9. The Morgan fingerprint density at radius 3 is 2.33 bits per heavy atom. The number of alkyl halides is 3. The normalized spacial score (nSPS) is 16.7. The van der Waals surface area contributed by atoms with E-state index in [0.29, 0.717) is 18.1 Å². The zero-order valence-corrected chi connectivity index (χ0v) is 23.6. The first-order valence-corrected chi connectivity index (χ1v) is 14.7. The van der Waals surface area contributed by atoms with E-state index < -0.39 is 29.1 Å². The molecule has 2 heterocycles. The van der Waals surface area contributed by atoms with Crippen LogP contribution in [-0.4, -0.2) is 55.7 Å². The van der Waals surface area contributed by atoms with E-state index in [0.717, 1.165) is 69.4 Å². The number of imide groups is 1. The smallest absolute Gasteiger partial charge is 0.368 e. The molecular formula is C30H33F3N4O2S. The third kappa shape index (κ3) is 6.53. The summed E-state index contributed by atoms with van der Waals surface area (Å²) in [6, 6.07) is 12.9. The van der Waals surface area contributed by atoms with Gasteiger partial charge in [-0.05, 0) is 69.3 Å². The zero-order chi connectivity index (χ0) is 28.9. The van der Waals surface area contributed by atoms with Crippen LogP contribution in [0.2, 0.25) is 0 Å². The predicted octanol–water partition coefficient (Wildman–Crippen LogP) is 6.26. The van der Waals surface area contributed by atoms with Gasteiger partial charge in [-0.1, -0.05) is 25.0 Å². The Morgan fingerprint density at radius 2 is 1.65 bits per heavy atom. The van der Waals surface area contributed by atoms with Gasteiger partial charge in [0, 0.05) is 42.2 Å². The van der Waals surface area contributed by atoms with Gasteiger partial charge in [0.05, 0.1) is 28.6 Å². The second-order valence-corrected chi connectivity index (χ2v) is 10.9. The van der Waals surface area contributed by atoms with Gasteiger partial charge in [-0.15, -0.1) is 11.8 Å². The van der Waals surface area contributed by atoms with Crippen LogP contribution in [0.25, 0.3) is 0 Å². The van der Waals surface area contributed by atoms with Gasteiger partial charge in [0.25, 0.3) is 11.8 Å². The minimum Gasteiger partial charge on any atom is -0.368 e. The van der Waals surface area contributed by atoms with Crippen molar-refractivity contribution in [1.29, 1.82) is 5.26 Å². The van der Waals surface area contributed by atoms with Crippen LogP contribution in [0, 0.1) is 11.3 Å². The van der Waals surface area contributed by atoms with Crippen molar-refractivity contribution in [2.24, 2.45) is 0 Å². The van der Waals surface area contributed by atoms with Crippen molar-refractivity contribution in [1.82, 2.24) is 4.90 Å². The number of unbranched alkanes of at least 4 members (excludes halogenated alkanes) is 3. The summed E-state index contributed by atoms with van der Waals surface area (Å²) in [4.78, 5) is 32.8. The van der Waals surface area contributed by atoms with Crippen molar-refractivity contribution >= 4 is 35.0 Å². The minimum absolute atomic E-state index is 0.173. The number of nitriles is 1. The summed E-state index contributed by atoms with van der Waals surface area (Å²) in [5, 5.41) is 9.02. The first-order valence-electron chi connectivity index (χ1n) is 13.5. The second-order valence-electron chi connectivity index (χ2n) is 10.1. The van der Waals surface area contributed by atoms with E-state index in [4.69, 9.17) is 5.26 Å². The molecule has 0 unspecified atom stereocenters. The Bertz CT molecular complexity index is 1330. The number of hydrogen-bond donors (Lipinski definition) is 0. The highest BCUT2D eigenvalue weighted by Crippen LogP contribution is 2.37. The largest absolute Gasteiger partial charge is 0.417 e. The Balaban J connectivity index is 1.22. The topological polar surface area (TPSA) is 67.7 Å². The number of carbonyl (C=O) groups excluding carboxylic acids is 2. The molecule has 10 heteroatoms. The summed E-state index contributed by atoms with van der Waals surface area (Å²) < 4.78 is 40.2. The van der Waals surface area contributed by atoms with Gasteiger partial charge in [-0.3, -0.25) is 14.5 Å².